The van der Waals surface area contributed by atoms with E-state index in [0.29, 0.717) is 31.1 Å². The van der Waals surface area contributed by atoms with E-state index in [1.165, 1.54) is 23.9 Å². The lowest BCUT2D eigenvalue weighted by Gasteiger charge is -2.18. The fourth-order valence-corrected chi connectivity index (χ4v) is 3.82. The monoisotopic (exact) mass is 357 g/mol. The molecule has 1 amide bonds. The van der Waals surface area contributed by atoms with Gasteiger partial charge in [0.25, 0.3) is 11.6 Å². The van der Waals surface area contributed by atoms with Crippen LogP contribution in [0.4, 0.5) is 5.69 Å². The number of non-ortho nitro benzene ring substituents is 1. The van der Waals surface area contributed by atoms with Crippen LogP contribution in [0.1, 0.15) is 16.8 Å². The molecule has 0 aliphatic carbocycles. The first-order chi connectivity index (χ1) is 12.1. The van der Waals surface area contributed by atoms with Gasteiger partial charge in [0.1, 0.15) is 0 Å². The smallest absolute Gasteiger partial charge is 0.270 e. The fraction of sp³-hybridized carbons (Fsp3) is 0.278. The second-order valence-corrected chi connectivity index (χ2v) is 7.11. The molecule has 25 heavy (non-hydrogen) atoms. The Kier molecular flexibility index (Phi) is 5.35. The van der Waals surface area contributed by atoms with Crippen molar-refractivity contribution in [2.75, 3.05) is 19.6 Å². The number of benzene rings is 2. The molecular formula is C18H19N3O3S. The number of carbonyl (C=O) groups excluding carboxylic acids is 1. The highest BCUT2D eigenvalue weighted by Gasteiger charge is 2.28. The number of rotatable bonds is 5. The summed E-state index contributed by atoms with van der Waals surface area (Å²) >= 11 is 1.43. The Balaban J connectivity index is 1.92. The van der Waals surface area contributed by atoms with Gasteiger partial charge < -0.3 is 10.6 Å². The summed E-state index contributed by atoms with van der Waals surface area (Å²) in [5, 5.41) is 11.1. The molecule has 1 aliphatic heterocycles. The molecule has 0 spiro atoms. The molecule has 1 fully saturated rings. The van der Waals surface area contributed by atoms with Crippen molar-refractivity contribution in [1.29, 1.82) is 0 Å². The van der Waals surface area contributed by atoms with Crippen LogP contribution in [0, 0.1) is 16.0 Å². The normalized spacial score (nSPS) is 16.8. The Bertz CT molecular complexity index is 782. The second-order valence-electron chi connectivity index (χ2n) is 5.99. The van der Waals surface area contributed by atoms with Gasteiger partial charge in [0.05, 0.1) is 10.5 Å². The van der Waals surface area contributed by atoms with Crippen molar-refractivity contribution < 1.29 is 9.72 Å². The Morgan fingerprint density at radius 1 is 1.28 bits per heavy atom. The molecule has 2 N–H and O–H groups in total. The minimum absolute atomic E-state index is 0.0738. The number of likely N-dealkylation sites (tertiary alicyclic amines) is 1. The molecule has 0 aromatic heterocycles. The molecule has 1 atom stereocenters. The van der Waals surface area contributed by atoms with Crippen LogP contribution in [0.15, 0.2) is 58.3 Å². The second kappa shape index (κ2) is 7.67. The van der Waals surface area contributed by atoms with Crippen LogP contribution < -0.4 is 5.73 Å². The molecular weight excluding hydrogens is 338 g/mol. The first-order valence-corrected chi connectivity index (χ1v) is 8.91. The first kappa shape index (κ1) is 17.4. The fourth-order valence-electron chi connectivity index (χ4n) is 2.88. The highest BCUT2D eigenvalue weighted by molar-refractivity contribution is 7.99. The van der Waals surface area contributed by atoms with Crippen molar-refractivity contribution in [1.82, 2.24) is 4.90 Å². The summed E-state index contributed by atoms with van der Waals surface area (Å²) in [6.07, 6.45) is 0.873. The van der Waals surface area contributed by atoms with Gasteiger partial charge in [0, 0.05) is 35.0 Å². The van der Waals surface area contributed by atoms with Gasteiger partial charge in [-0.2, -0.15) is 0 Å². The number of hydrogen-bond acceptors (Lipinski definition) is 5. The van der Waals surface area contributed by atoms with E-state index < -0.39 is 4.92 Å². The number of nitrogens with zero attached hydrogens (tertiary/aromatic N) is 2. The zero-order valence-corrected chi connectivity index (χ0v) is 14.4. The SMILES string of the molecule is NCC1CCN(C(=O)c2cc([N+](=O)[O-])ccc2Sc2ccccc2)C1. The van der Waals surface area contributed by atoms with Crippen molar-refractivity contribution >= 4 is 23.4 Å². The average Bonchev–Trinajstić information content (AvgIpc) is 3.11. The largest absolute Gasteiger partial charge is 0.338 e. The van der Waals surface area contributed by atoms with Crippen LogP contribution in [-0.4, -0.2) is 35.4 Å². The van der Waals surface area contributed by atoms with E-state index in [9.17, 15) is 14.9 Å². The maximum atomic E-state index is 12.9. The minimum atomic E-state index is -0.472. The average molecular weight is 357 g/mol. The molecule has 0 bridgehead atoms. The summed E-state index contributed by atoms with van der Waals surface area (Å²) in [5.74, 6) is 0.131. The van der Waals surface area contributed by atoms with Crippen LogP contribution >= 0.6 is 11.8 Å². The van der Waals surface area contributed by atoms with E-state index in [4.69, 9.17) is 5.73 Å². The van der Waals surface area contributed by atoms with Crippen LogP contribution in [0.3, 0.4) is 0 Å². The topological polar surface area (TPSA) is 89.5 Å². The van der Waals surface area contributed by atoms with Crippen molar-refractivity contribution in [3.8, 4) is 0 Å². The van der Waals surface area contributed by atoms with E-state index in [2.05, 4.69) is 0 Å². The highest BCUT2D eigenvalue weighted by atomic mass is 32.2. The van der Waals surface area contributed by atoms with Gasteiger partial charge in [-0.25, -0.2) is 0 Å². The van der Waals surface area contributed by atoms with E-state index in [-0.39, 0.29) is 11.6 Å². The Labute approximate surface area is 150 Å². The maximum absolute atomic E-state index is 12.9. The molecule has 1 unspecified atom stereocenters. The third kappa shape index (κ3) is 4.00. The summed E-state index contributed by atoms with van der Waals surface area (Å²) < 4.78 is 0. The molecule has 7 heteroatoms. The van der Waals surface area contributed by atoms with Gasteiger partial charge in [-0.05, 0) is 37.1 Å². The van der Waals surface area contributed by atoms with Crippen molar-refractivity contribution in [3.63, 3.8) is 0 Å². The Morgan fingerprint density at radius 2 is 2.04 bits per heavy atom. The summed E-state index contributed by atoms with van der Waals surface area (Å²) in [4.78, 5) is 27.0. The first-order valence-electron chi connectivity index (χ1n) is 8.09. The van der Waals surface area contributed by atoms with Crippen molar-refractivity contribution in [2.45, 2.75) is 16.2 Å². The number of amides is 1. The lowest BCUT2D eigenvalue weighted by molar-refractivity contribution is -0.384. The standard InChI is InChI=1S/C18H19N3O3S/c19-11-13-8-9-20(12-13)18(22)16-10-14(21(23)24)6-7-17(16)25-15-4-2-1-3-5-15/h1-7,10,13H,8-9,11-12,19H2. The Morgan fingerprint density at radius 3 is 2.68 bits per heavy atom. The van der Waals surface area contributed by atoms with Crippen LogP contribution in [0.25, 0.3) is 0 Å². The van der Waals surface area contributed by atoms with Crippen LogP contribution in [-0.2, 0) is 0 Å². The number of nitro groups is 1. The van der Waals surface area contributed by atoms with Gasteiger partial charge in [-0.15, -0.1) is 0 Å². The number of hydrogen-bond donors (Lipinski definition) is 1. The number of nitrogens with two attached hydrogens (primary N) is 1. The van der Waals surface area contributed by atoms with Crippen molar-refractivity contribution in [2.24, 2.45) is 11.7 Å². The molecule has 3 rings (SSSR count). The molecule has 0 saturated carbocycles. The van der Waals surface area contributed by atoms with Gasteiger partial charge >= 0.3 is 0 Å². The van der Waals surface area contributed by atoms with Crippen molar-refractivity contribution in [3.05, 3.63) is 64.2 Å². The van der Waals surface area contributed by atoms with Gasteiger partial charge in [0.15, 0.2) is 0 Å². The third-order valence-electron chi connectivity index (χ3n) is 4.28. The van der Waals surface area contributed by atoms with Crippen LogP contribution in [0.2, 0.25) is 0 Å². The highest BCUT2D eigenvalue weighted by Crippen LogP contribution is 2.33. The summed E-state index contributed by atoms with van der Waals surface area (Å²) in [6, 6.07) is 14.1. The van der Waals surface area contributed by atoms with E-state index >= 15 is 0 Å². The quantitative estimate of drug-likeness (QED) is 0.656. The lowest BCUT2D eigenvalue weighted by atomic mass is 10.1. The van der Waals surface area contributed by atoms with E-state index in [0.717, 1.165) is 16.2 Å². The van der Waals surface area contributed by atoms with Gasteiger partial charge in [-0.3, -0.25) is 14.9 Å². The van der Waals surface area contributed by atoms with Gasteiger partial charge in [0.2, 0.25) is 0 Å². The molecule has 6 nitrogen and oxygen atoms in total. The van der Waals surface area contributed by atoms with Gasteiger partial charge in [-0.1, -0.05) is 30.0 Å². The molecule has 2 aromatic rings. The summed E-state index contributed by atoms with van der Waals surface area (Å²) in [7, 11) is 0. The third-order valence-corrected chi connectivity index (χ3v) is 5.37. The molecule has 1 aliphatic rings. The minimum Gasteiger partial charge on any atom is -0.338 e. The number of nitro benzene ring substituents is 1. The molecule has 1 saturated heterocycles. The van der Waals surface area contributed by atoms with E-state index in [1.807, 2.05) is 30.3 Å². The molecule has 1 heterocycles. The predicted octanol–water partition coefficient (Wildman–Crippen LogP) is 3.17. The zero-order valence-electron chi connectivity index (χ0n) is 13.6. The van der Waals surface area contributed by atoms with E-state index in [1.54, 1.807) is 11.0 Å². The summed E-state index contributed by atoms with van der Waals surface area (Å²) in [5.41, 5.74) is 6.00. The molecule has 0 radical (unpaired) electrons. The lowest BCUT2D eigenvalue weighted by Crippen LogP contribution is -2.30. The predicted molar refractivity (Wildman–Crippen MR) is 96.7 cm³/mol. The number of carbonyl (C=O) groups is 1. The molecule has 130 valence electrons. The maximum Gasteiger partial charge on any atom is 0.270 e. The van der Waals surface area contributed by atoms with Crippen LogP contribution in [0.5, 0.6) is 0 Å². The summed E-state index contributed by atoms with van der Waals surface area (Å²) in [6.45, 7) is 1.79. The zero-order chi connectivity index (χ0) is 17.8. The molecule has 2 aromatic carbocycles. The Hall–Kier alpha value is -2.38.